The molecule has 0 fully saturated rings. The highest BCUT2D eigenvalue weighted by Crippen LogP contribution is 2.42. The van der Waals surface area contributed by atoms with E-state index in [9.17, 15) is 5.11 Å². The second-order valence-electron chi connectivity index (χ2n) is 14.9. The molecular formula is C49H38N2O2. The van der Waals surface area contributed by atoms with Gasteiger partial charge in [-0.2, -0.15) is 0 Å². The van der Waals surface area contributed by atoms with E-state index in [4.69, 9.17) is 14.4 Å². The standard InChI is InChI=1S/C49H38N2O2/c1-30-24-25-50-47-40(22-21-39(45(30)47)32-12-6-5-7-13-32)33-16-10-17-34(26-33)41-27-35(38-19-11-15-31-14-8-9-18-37(31)38)28-44-46(41)51-48(53-44)42-29-36(49(2,3)4)20-23-43(42)52/h5-29,52H,1-4H3. The van der Waals surface area contributed by atoms with E-state index in [1.807, 2.05) is 24.4 Å². The van der Waals surface area contributed by atoms with Crippen LogP contribution in [0, 0.1) is 6.92 Å². The molecular weight excluding hydrogens is 649 g/mol. The van der Waals surface area contributed by atoms with Crippen molar-refractivity contribution in [2.45, 2.75) is 33.1 Å². The summed E-state index contributed by atoms with van der Waals surface area (Å²) in [4.78, 5) is 10.1. The van der Waals surface area contributed by atoms with Crippen molar-refractivity contribution >= 4 is 32.8 Å². The molecule has 7 aromatic carbocycles. The molecule has 0 aliphatic carbocycles. The van der Waals surface area contributed by atoms with E-state index in [0.29, 0.717) is 17.0 Å². The van der Waals surface area contributed by atoms with Crippen molar-refractivity contribution in [2.75, 3.05) is 0 Å². The van der Waals surface area contributed by atoms with Crippen molar-refractivity contribution in [3.8, 4) is 61.7 Å². The van der Waals surface area contributed by atoms with Gasteiger partial charge in [-0.25, -0.2) is 4.98 Å². The number of phenols is 1. The molecule has 0 spiro atoms. The number of aryl methyl sites for hydroxylation is 1. The molecule has 0 amide bonds. The minimum Gasteiger partial charge on any atom is -0.507 e. The third kappa shape index (κ3) is 5.73. The minimum atomic E-state index is -0.113. The van der Waals surface area contributed by atoms with Crippen molar-refractivity contribution in [1.82, 2.24) is 9.97 Å². The van der Waals surface area contributed by atoms with E-state index in [-0.39, 0.29) is 11.2 Å². The number of hydrogen-bond donors (Lipinski definition) is 1. The molecule has 256 valence electrons. The van der Waals surface area contributed by atoms with Crippen molar-refractivity contribution < 1.29 is 9.52 Å². The number of oxazole rings is 1. The maximum absolute atomic E-state index is 11.1. The molecule has 4 nitrogen and oxygen atoms in total. The molecule has 0 aliphatic rings. The van der Waals surface area contributed by atoms with Crippen molar-refractivity contribution in [3.05, 3.63) is 163 Å². The van der Waals surface area contributed by atoms with Crippen LogP contribution in [-0.2, 0) is 5.41 Å². The van der Waals surface area contributed by atoms with Gasteiger partial charge >= 0.3 is 0 Å². The average Bonchev–Trinajstić information content (AvgIpc) is 3.61. The maximum Gasteiger partial charge on any atom is 0.231 e. The summed E-state index contributed by atoms with van der Waals surface area (Å²) in [6.07, 6.45) is 1.90. The van der Waals surface area contributed by atoms with Crippen LogP contribution < -0.4 is 0 Å². The van der Waals surface area contributed by atoms with Gasteiger partial charge in [-0.05, 0) is 104 Å². The van der Waals surface area contributed by atoms with Crippen LogP contribution in [0.15, 0.2) is 156 Å². The van der Waals surface area contributed by atoms with E-state index >= 15 is 0 Å². The molecule has 1 N–H and O–H groups in total. The Balaban J connectivity index is 1.26. The molecule has 0 radical (unpaired) electrons. The SMILES string of the molecule is Cc1ccnc2c(-c3cccc(-c4cc(-c5cccc6ccccc56)cc5oc(-c6cc(C(C)(C)C)ccc6O)nc45)c3)ccc(-c3ccccc3)c12. The Kier molecular flexibility index (Phi) is 7.71. The zero-order valence-electron chi connectivity index (χ0n) is 30.2. The Morgan fingerprint density at radius 2 is 1.26 bits per heavy atom. The highest BCUT2D eigenvalue weighted by atomic mass is 16.3. The van der Waals surface area contributed by atoms with Gasteiger partial charge in [0.25, 0.3) is 0 Å². The topological polar surface area (TPSA) is 59.2 Å². The lowest BCUT2D eigenvalue weighted by atomic mass is 9.86. The lowest BCUT2D eigenvalue weighted by molar-refractivity contribution is 0.473. The van der Waals surface area contributed by atoms with Crippen LogP contribution in [-0.4, -0.2) is 15.1 Å². The van der Waals surface area contributed by atoms with Gasteiger partial charge in [0.2, 0.25) is 5.89 Å². The third-order valence-corrected chi connectivity index (χ3v) is 10.4. The fourth-order valence-corrected chi connectivity index (χ4v) is 7.55. The number of rotatable bonds is 5. The Hall–Kier alpha value is -6.52. The molecule has 2 heterocycles. The molecule has 9 rings (SSSR count). The van der Waals surface area contributed by atoms with Crippen LogP contribution >= 0.6 is 0 Å². The Bertz CT molecular complexity index is 2840. The highest BCUT2D eigenvalue weighted by molar-refractivity contribution is 6.06. The number of nitrogens with zero attached hydrogens (tertiary/aromatic N) is 2. The minimum absolute atomic E-state index is 0.113. The zero-order valence-corrected chi connectivity index (χ0v) is 30.2. The molecule has 53 heavy (non-hydrogen) atoms. The van der Waals surface area contributed by atoms with E-state index in [2.05, 4.69) is 149 Å². The summed E-state index contributed by atoms with van der Waals surface area (Å²) < 4.78 is 6.60. The Morgan fingerprint density at radius 1 is 0.547 bits per heavy atom. The largest absolute Gasteiger partial charge is 0.507 e. The fraction of sp³-hybridized carbons (Fsp3) is 0.102. The first kappa shape index (κ1) is 32.4. The number of benzene rings is 7. The maximum atomic E-state index is 11.1. The average molecular weight is 687 g/mol. The first-order valence-corrected chi connectivity index (χ1v) is 18.0. The number of hydrogen-bond acceptors (Lipinski definition) is 4. The Morgan fingerprint density at radius 3 is 2.09 bits per heavy atom. The van der Waals surface area contributed by atoms with Crippen LogP contribution in [0.1, 0.15) is 31.9 Å². The molecule has 0 saturated carbocycles. The van der Waals surface area contributed by atoms with Crippen LogP contribution in [0.25, 0.3) is 88.7 Å². The Labute approximate surface area is 309 Å². The van der Waals surface area contributed by atoms with E-state index in [0.717, 1.165) is 60.8 Å². The first-order chi connectivity index (χ1) is 25.7. The highest BCUT2D eigenvalue weighted by Gasteiger charge is 2.22. The number of phenolic OH excluding ortho intramolecular Hbond substituents is 1. The summed E-state index contributed by atoms with van der Waals surface area (Å²) in [6.45, 7) is 8.63. The summed E-state index contributed by atoms with van der Waals surface area (Å²) >= 11 is 0. The van der Waals surface area contributed by atoms with Gasteiger partial charge in [-0.15, -0.1) is 0 Å². The van der Waals surface area contributed by atoms with Gasteiger partial charge in [0.15, 0.2) is 5.58 Å². The smallest absolute Gasteiger partial charge is 0.231 e. The number of aromatic hydroxyl groups is 1. The van der Waals surface area contributed by atoms with Crippen LogP contribution in [0.4, 0.5) is 0 Å². The predicted molar refractivity (Wildman–Crippen MR) is 219 cm³/mol. The zero-order chi connectivity index (χ0) is 36.3. The number of aromatic nitrogens is 2. The molecule has 0 bridgehead atoms. The third-order valence-electron chi connectivity index (χ3n) is 10.4. The van der Waals surface area contributed by atoms with Gasteiger partial charge in [0, 0.05) is 22.7 Å². The normalized spacial score (nSPS) is 11.8. The summed E-state index contributed by atoms with van der Waals surface area (Å²) in [5.74, 6) is 0.522. The fourth-order valence-electron chi connectivity index (χ4n) is 7.55. The van der Waals surface area contributed by atoms with Gasteiger partial charge < -0.3 is 9.52 Å². The summed E-state index contributed by atoms with van der Waals surface area (Å²) in [5.41, 5.74) is 13.7. The van der Waals surface area contributed by atoms with Crippen LogP contribution in [0.2, 0.25) is 0 Å². The van der Waals surface area contributed by atoms with E-state index in [1.54, 1.807) is 6.07 Å². The van der Waals surface area contributed by atoms with Crippen molar-refractivity contribution in [3.63, 3.8) is 0 Å². The van der Waals surface area contributed by atoms with Gasteiger partial charge in [-0.3, -0.25) is 4.98 Å². The van der Waals surface area contributed by atoms with E-state index in [1.165, 1.54) is 22.1 Å². The molecule has 0 unspecified atom stereocenters. The van der Waals surface area contributed by atoms with E-state index < -0.39 is 0 Å². The number of fused-ring (bicyclic) bond motifs is 3. The first-order valence-electron chi connectivity index (χ1n) is 18.0. The lowest BCUT2D eigenvalue weighted by Crippen LogP contribution is -2.10. The molecule has 0 aliphatic heterocycles. The van der Waals surface area contributed by atoms with Crippen molar-refractivity contribution in [1.29, 1.82) is 0 Å². The van der Waals surface area contributed by atoms with Gasteiger partial charge in [0.1, 0.15) is 11.3 Å². The quantitative estimate of drug-likeness (QED) is 0.196. The predicted octanol–water partition coefficient (Wildman–Crippen LogP) is 13.2. The second-order valence-corrected chi connectivity index (χ2v) is 14.9. The molecule has 0 saturated heterocycles. The van der Waals surface area contributed by atoms with Gasteiger partial charge in [-0.1, -0.05) is 130 Å². The van der Waals surface area contributed by atoms with Gasteiger partial charge in [0.05, 0.1) is 11.1 Å². The van der Waals surface area contributed by atoms with Crippen LogP contribution in [0.5, 0.6) is 5.75 Å². The molecule has 9 aromatic rings. The molecule has 2 aromatic heterocycles. The summed E-state index contributed by atoms with van der Waals surface area (Å²) in [5, 5.41) is 14.6. The molecule has 0 atom stereocenters. The van der Waals surface area contributed by atoms with Crippen molar-refractivity contribution in [2.24, 2.45) is 0 Å². The molecule has 4 heteroatoms. The second kappa shape index (κ2) is 12.6. The monoisotopic (exact) mass is 686 g/mol. The summed E-state index contributed by atoms with van der Waals surface area (Å²) in [7, 11) is 0. The lowest BCUT2D eigenvalue weighted by Gasteiger charge is -2.19. The van der Waals surface area contributed by atoms with Crippen LogP contribution in [0.3, 0.4) is 0 Å². The number of pyridine rings is 1. The summed E-state index contributed by atoms with van der Waals surface area (Å²) in [6, 6.07) is 50.5.